The van der Waals surface area contributed by atoms with Crippen LogP contribution < -0.4 is 0 Å². The molecule has 0 unspecified atom stereocenters. The van der Waals surface area contributed by atoms with E-state index in [9.17, 15) is 14.7 Å². The van der Waals surface area contributed by atoms with E-state index in [0.29, 0.717) is 0 Å². The van der Waals surface area contributed by atoms with Crippen molar-refractivity contribution in [2.75, 3.05) is 20.8 Å². The second-order valence-electron chi connectivity index (χ2n) is 4.93. The number of carbonyl (C=O) groups is 2. The first kappa shape index (κ1) is 16.3. The second kappa shape index (κ2) is 7.24. The van der Waals surface area contributed by atoms with Gasteiger partial charge in [-0.3, -0.25) is 4.90 Å². The molecule has 1 aliphatic rings. The molecule has 7 heteroatoms. The van der Waals surface area contributed by atoms with Crippen molar-refractivity contribution in [3.8, 4) is 0 Å². The molecule has 1 amide bonds. The Kier molecular flexibility index (Phi) is 5.35. The first-order valence-corrected chi connectivity index (χ1v) is 6.84. The summed E-state index contributed by atoms with van der Waals surface area (Å²) in [5.74, 6) is -0.705. The molecule has 0 aliphatic carbocycles. The fourth-order valence-corrected chi connectivity index (χ4v) is 2.39. The maximum atomic E-state index is 12.2. The second-order valence-corrected chi connectivity index (χ2v) is 4.93. The van der Waals surface area contributed by atoms with Crippen molar-refractivity contribution >= 4 is 12.1 Å². The van der Waals surface area contributed by atoms with E-state index < -0.39 is 30.3 Å². The molecule has 0 saturated carbocycles. The highest BCUT2D eigenvalue weighted by Crippen LogP contribution is 2.23. The molecule has 1 aliphatic heterocycles. The molecular weight excluding hydrogens is 290 g/mol. The Morgan fingerprint density at radius 2 is 1.95 bits per heavy atom. The number of hydrogen-bond acceptors (Lipinski definition) is 6. The molecule has 0 aromatic heterocycles. The van der Waals surface area contributed by atoms with Crippen LogP contribution in [0.4, 0.5) is 4.79 Å². The number of aliphatic hydroxyl groups is 1. The standard InChI is InChI=1S/C15H19NO6/c1-20-11-8-16(12(13(11)17)14(18)21-2)15(19)22-9-10-6-4-3-5-7-10/h3-7,11-13,17H,8-9H2,1-2H3/t11-,12+,13+/m0/s1. The van der Waals surface area contributed by atoms with Gasteiger partial charge in [-0.1, -0.05) is 30.3 Å². The normalized spacial score (nSPS) is 24.1. The lowest BCUT2D eigenvalue weighted by Gasteiger charge is -2.22. The summed E-state index contributed by atoms with van der Waals surface area (Å²) in [5, 5.41) is 10.1. The zero-order valence-corrected chi connectivity index (χ0v) is 12.5. The third-order valence-electron chi connectivity index (χ3n) is 3.60. The molecule has 22 heavy (non-hydrogen) atoms. The number of carbonyl (C=O) groups excluding carboxylic acids is 2. The lowest BCUT2D eigenvalue weighted by molar-refractivity contribution is -0.149. The summed E-state index contributed by atoms with van der Waals surface area (Å²) < 4.78 is 14.9. The number of nitrogens with zero attached hydrogens (tertiary/aromatic N) is 1. The average molecular weight is 309 g/mol. The van der Waals surface area contributed by atoms with Gasteiger partial charge in [-0.15, -0.1) is 0 Å². The molecule has 120 valence electrons. The van der Waals surface area contributed by atoms with Gasteiger partial charge in [-0.2, -0.15) is 0 Å². The molecule has 7 nitrogen and oxygen atoms in total. The maximum absolute atomic E-state index is 12.2. The summed E-state index contributed by atoms with van der Waals surface area (Å²) in [6, 6.07) is 8.04. The smallest absolute Gasteiger partial charge is 0.411 e. The van der Waals surface area contributed by atoms with Gasteiger partial charge in [0.15, 0.2) is 6.04 Å². The first-order chi connectivity index (χ1) is 10.6. The number of methoxy groups -OCH3 is 2. The molecule has 1 aromatic rings. The first-order valence-electron chi connectivity index (χ1n) is 6.84. The molecule has 1 aromatic carbocycles. The molecule has 1 N–H and O–H groups in total. The Morgan fingerprint density at radius 1 is 1.27 bits per heavy atom. The van der Waals surface area contributed by atoms with E-state index in [0.717, 1.165) is 10.5 Å². The lowest BCUT2D eigenvalue weighted by Crippen LogP contribution is -2.46. The number of hydrogen-bond donors (Lipinski definition) is 1. The maximum Gasteiger partial charge on any atom is 0.411 e. The van der Waals surface area contributed by atoms with Crippen molar-refractivity contribution in [1.82, 2.24) is 4.90 Å². The van der Waals surface area contributed by atoms with Crippen LogP contribution in [0.1, 0.15) is 5.56 Å². The highest BCUT2D eigenvalue weighted by molar-refractivity contribution is 5.83. The number of esters is 1. The highest BCUT2D eigenvalue weighted by atomic mass is 16.6. The Hall–Kier alpha value is -2.12. The van der Waals surface area contributed by atoms with E-state index in [-0.39, 0.29) is 13.2 Å². The minimum atomic E-state index is -1.15. The highest BCUT2D eigenvalue weighted by Gasteiger charge is 2.48. The fourth-order valence-electron chi connectivity index (χ4n) is 2.39. The number of rotatable bonds is 4. The number of likely N-dealkylation sites (tertiary alicyclic amines) is 1. The number of amides is 1. The van der Waals surface area contributed by atoms with Crippen molar-refractivity contribution in [2.45, 2.75) is 24.9 Å². The van der Waals surface area contributed by atoms with E-state index in [1.165, 1.54) is 14.2 Å². The van der Waals surface area contributed by atoms with Crippen LogP contribution in [0, 0.1) is 0 Å². The van der Waals surface area contributed by atoms with Crippen LogP contribution in [-0.4, -0.2) is 61.1 Å². The van der Waals surface area contributed by atoms with Gasteiger partial charge in [0.25, 0.3) is 0 Å². The van der Waals surface area contributed by atoms with E-state index >= 15 is 0 Å². The van der Waals surface area contributed by atoms with E-state index in [1.54, 1.807) is 0 Å². The van der Waals surface area contributed by atoms with Crippen LogP contribution >= 0.6 is 0 Å². The van der Waals surface area contributed by atoms with Crippen LogP contribution in [0.15, 0.2) is 30.3 Å². The van der Waals surface area contributed by atoms with Crippen molar-refractivity contribution in [2.24, 2.45) is 0 Å². The Balaban J connectivity index is 2.04. The van der Waals surface area contributed by atoms with Gasteiger partial charge in [0.2, 0.25) is 0 Å². The van der Waals surface area contributed by atoms with Crippen molar-refractivity contribution in [3.05, 3.63) is 35.9 Å². The zero-order chi connectivity index (χ0) is 16.1. The Labute approximate surface area is 128 Å². The Morgan fingerprint density at radius 3 is 2.55 bits per heavy atom. The molecule has 1 saturated heterocycles. The zero-order valence-electron chi connectivity index (χ0n) is 12.5. The summed E-state index contributed by atoms with van der Waals surface area (Å²) in [6.07, 6.45) is -2.51. The number of aliphatic hydroxyl groups excluding tert-OH is 1. The summed E-state index contributed by atoms with van der Waals surface area (Å²) >= 11 is 0. The number of ether oxygens (including phenoxy) is 3. The summed E-state index contributed by atoms with van der Waals surface area (Å²) in [6.45, 7) is 0.142. The van der Waals surface area contributed by atoms with Crippen LogP contribution in [0.5, 0.6) is 0 Å². The molecule has 0 radical (unpaired) electrons. The van der Waals surface area contributed by atoms with Crippen LogP contribution in [0.2, 0.25) is 0 Å². The molecule has 0 bridgehead atoms. The molecular formula is C15H19NO6. The summed E-state index contributed by atoms with van der Waals surface area (Å²) in [5.41, 5.74) is 0.827. The minimum absolute atomic E-state index is 0.0606. The molecule has 2 rings (SSSR count). The number of benzene rings is 1. The van der Waals surface area contributed by atoms with Crippen LogP contribution in [-0.2, 0) is 25.6 Å². The summed E-state index contributed by atoms with van der Waals surface area (Å²) in [7, 11) is 2.60. The van der Waals surface area contributed by atoms with Gasteiger partial charge in [-0.25, -0.2) is 9.59 Å². The molecule has 0 spiro atoms. The van der Waals surface area contributed by atoms with Gasteiger partial charge >= 0.3 is 12.1 Å². The monoisotopic (exact) mass is 309 g/mol. The van der Waals surface area contributed by atoms with Crippen molar-refractivity contribution in [1.29, 1.82) is 0 Å². The molecule has 1 fully saturated rings. The average Bonchev–Trinajstić information content (AvgIpc) is 2.89. The van der Waals surface area contributed by atoms with Crippen LogP contribution in [0.3, 0.4) is 0 Å². The minimum Gasteiger partial charge on any atom is -0.467 e. The predicted molar refractivity (Wildman–Crippen MR) is 75.9 cm³/mol. The third kappa shape index (κ3) is 3.37. The molecule has 1 heterocycles. The van der Waals surface area contributed by atoms with Crippen LogP contribution in [0.25, 0.3) is 0 Å². The van der Waals surface area contributed by atoms with E-state index in [1.807, 2.05) is 30.3 Å². The van der Waals surface area contributed by atoms with Gasteiger partial charge in [-0.05, 0) is 5.56 Å². The third-order valence-corrected chi connectivity index (χ3v) is 3.60. The quantitative estimate of drug-likeness (QED) is 0.818. The van der Waals surface area contributed by atoms with Crippen molar-refractivity contribution in [3.63, 3.8) is 0 Å². The van der Waals surface area contributed by atoms with Crippen molar-refractivity contribution < 1.29 is 28.9 Å². The molecule has 3 atom stereocenters. The SMILES string of the molecule is COC(=O)[C@H]1[C@H](O)[C@@H](OC)CN1C(=O)OCc1ccccc1. The summed E-state index contributed by atoms with van der Waals surface area (Å²) in [4.78, 5) is 25.1. The fraction of sp³-hybridized carbons (Fsp3) is 0.467. The Bertz CT molecular complexity index is 520. The lowest BCUT2D eigenvalue weighted by atomic mass is 10.1. The predicted octanol–water partition coefficient (Wildman–Crippen LogP) is 0.556. The van der Waals surface area contributed by atoms with E-state index in [4.69, 9.17) is 9.47 Å². The van der Waals surface area contributed by atoms with Gasteiger partial charge in [0.05, 0.1) is 13.7 Å². The topological polar surface area (TPSA) is 85.3 Å². The van der Waals surface area contributed by atoms with Gasteiger partial charge in [0, 0.05) is 7.11 Å². The largest absolute Gasteiger partial charge is 0.467 e. The van der Waals surface area contributed by atoms with Gasteiger partial charge < -0.3 is 19.3 Å². The van der Waals surface area contributed by atoms with Gasteiger partial charge in [0.1, 0.15) is 18.8 Å². The van der Waals surface area contributed by atoms with E-state index in [2.05, 4.69) is 4.74 Å².